The predicted octanol–water partition coefficient (Wildman–Crippen LogP) is 2.05. The molecule has 15 heavy (non-hydrogen) atoms. The van der Waals surface area contributed by atoms with Crippen LogP contribution in [0.3, 0.4) is 0 Å². The van der Waals surface area contributed by atoms with Crippen molar-refractivity contribution in [2.75, 3.05) is 0 Å². The lowest BCUT2D eigenvalue weighted by Crippen LogP contribution is -2.31. The average molecular weight is 212 g/mol. The highest BCUT2D eigenvalue weighted by Gasteiger charge is 2.22. The van der Waals surface area contributed by atoms with Crippen LogP contribution in [0.15, 0.2) is 12.2 Å². The molecule has 1 aliphatic rings. The number of ether oxygens (including phenoxy) is 1. The first kappa shape index (κ1) is 12.2. The van der Waals surface area contributed by atoms with Crippen molar-refractivity contribution in [2.24, 2.45) is 5.92 Å². The SMILES string of the molecule is C[C@H](O)[C@@H]1C/C=C\CCC[C@H](C)C(=O)O1. The summed E-state index contributed by atoms with van der Waals surface area (Å²) in [6, 6.07) is 0. The van der Waals surface area contributed by atoms with E-state index in [0.717, 1.165) is 19.3 Å². The van der Waals surface area contributed by atoms with E-state index < -0.39 is 12.2 Å². The van der Waals surface area contributed by atoms with Crippen molar-refractivity contribution in [2.45, 2.75) is 51.7 Å². The Kier molecular flexibility index (Phi) is 4.82. The lowest BCUT2D eigenvalue weighted by Gasteiger charge is -2.22. The molecule has 86 valence electrons. The number of hydrogen-bond acceptors (Lipinski definition) is 3. The van der Waals surface area contributed by atoms with E-state index in [1.165, 1.54) is 0 Å². The molecule has 0 amide bonds. The molecule has 1 aliphatic heterocycles. The number of esters is 1. The van der Waals surface area contributed by atoms with E-state index >= 15 is 0 Å². The van der Waals surface area contributed by atoms with Gasteiger partial charge in [0.05, 0.1) is 12.0 Å². The van der Waals surface area contributed by atoms with Gasteiger partial charge < -0.3 is 9.84 Å². The van der Waals surface area contributed by atoms with Gasteiger partial charge in [0.15, 0.2) is 0 Å². The van der Waals surface area contributed by atoms with Gasteiger partial charge in [-0.15, -0.1) is 0 Å². The molecule has 3 nitrogen and oxygen atoms in total. The highest BCUT2D eigenvalue weighted by molar-refractivity contribution is 5.72. The van der Waals surface area contributed by atoms with Crippen LogP contribution in [0.2, 0.25) is 0 Å². The normalized spacial score (nSPS) is 32.9. The third-order valence-corrected chi connectivity index (χ3v) is 2.75. The van der Waals surface area contributed by atoms with Gasteiger partial charge in [0, 0.05) is 6.42 Å². The fourth-order valence-corrected chi connectivity index (χ4v) is 1.62. The number of aliphatic hydroxyl groups excluding tert-OH is 1. The fraction of sp³-hybridized carbons (Fsp3) is 0.750. The fourth-order valence-electron chi connectivity index (χ4n) is 1.62. The molecule has 0 radical (unpaired) electrons. The monoisotopic (exact) mass is 212 g/mol. The minimum atomic E-state index is -0.606. The molecule has 0 saturated carbocycles. The van der Waals surface area contributed by atoms with Gasteiger partial charge in [-0.05, 0) is 26.2 Å². The molecule has 0 bridgehead atoms. The molecule has 1 rings (SSSR count). The molecule has 0 saturated heterocycles. The largest absolute Gasteiger partial charge is 0.459 e. The van der Waals surface area contributed by atoms with Gasteiger partial charge >= 0.3 is 5.97 Å². The average Bonchev–Trinajstić information content (AvgIpc) is 2.19. The van der Waals surface area contributed by atoms with Gasteiger partial charge in [0.2, 0.25) is 0 Å². The van der Waals surface area contributed by atoms with Crippen LogP contribution in [-0.4, -0.2) is 23.3 Å². The number of carbonyl (C=O) groups excluding carboxylic acids is 1. The molecule has 1 N–H and O–H groups in total. The first-order chi connectivity index (χ1) is 7.11. The molecule has 1 heterocycles. The van der Waals surface area contributed by atoms with Crippen LogP contribution < -0.4 is 0 Å². The highest BCUT2D eigenvalue weighted by Crippen LogP contribution is 2.16. The van der Waals surface area contributed by atoms with E-state index in [1.54, 1.807) is 6.92 Å². The Morgan fingerprint density at radius 2 is 2.27 bits per heavy atom. The molecule has 0 aromatic heterocycles. The number of carbonyl (C=O) groups is 1. The zero-order valence-corrected chi connectivity index (χ0v) is 9.48. The molecule has 3 atom stereocenters. The third-order valence-electron chi connectivity index (χ3n) is 2.75. The van der Waals surface area contributed by atoms with Crippen molar-refractivity contribution >= 4 is 5.97 Å². The van der Waals surface area contributed by atoms with E-state index in [2.05, 4.69) is 6.08 Å². The third kappa shape index (κ3) is 4.04. The zero-order chi connectivity index (χ0) is 11.3. The molecule has 0 aromatic carbocycles. The Hall–Kier alpha value is -0.830. The van der Waals surface area contributed by atoms with E-state index in [-0.39, 0.29) is 11.9 Å². The molecular weight excluding hydrogens is 192 g/mol. The minimum Gasteiger partial charge on any atom is -0.459 e. The lowest BCUT2D eigenvalue weighted by molar-refractivity contribution is -0.158. The number of cyclic esters (lactones) is 1. The second-order valence-electron chi connectivity index (χ2n) is 4.25. The summed E-state index contributed by atoms with van der Waals surface area (Å²) < 4.78 is 5.26. The zero-order valence-electron chi connectivity index (χ0n) is 9.48. The summed E-state index contributed by atoms with van der Waals surface area (Å²) in [6.07, 6.45) is 6.57. The molecule has 0 unspecified atom stereocenters. The summed E-state index contributed by atoms with van der Waals surface area (Å²) >= 11 is 0. The van der Waals surface area contributed by atoms with Crippen molar-refractivity contribution in [3.63, 3.8) is 0 Å². The van der Waals surface area contributed by atoms with Crippen molar-refractivity contribution in [3.05, 3.63) is 12.2 Å². The van der Waals surface area contributed by atoms with E-state index in [1.807, 2.05) is 13.0 Å². The topological polar surface area (TPSA) is 46.5 Å². The smallest absolute Gasteiger partial charge is 0.309 e. The van der Waals surface area contributed by atoms with E-state index in [4.69, 9.17) is 4.74 Å². The number of aliphatic hydroxyl groups is 1. The van der Waals surface area contributed by atoms with Crippen LogP contribution in [-0.2, 0) is 9.53 Å². The summed E-state index contributed by atoms with van der Waals surface area (Å²) in [5, 5.41) is 9.45. The Labute approximate surface area is 91.1 Å². The van der Waals surface area contributed by atoms with Crippen LogP contribution in [0, 0.1) is 5.92 Å². The molecule has 0 spiro atoms. The highest BCUT2D eigenvalue weighted by atomic mass is 16.6. The van der Waals surface area contributed by atoms with Crippen LogP contribution in [0.4, 0.5) is 0 Å². The minimum absolute atomic E-state index is 0.0576. The molecule has 0 aliphatic carbocycles. The van der Waals surface area contributed by atoms with Crippen LogP contribution in [0.1, 0.15) is 39.5 Å². The number of rotatable bonds is 1. The van der Waals surface area contributed by atoms with Crippen LogP contribution in [0.25, 0.3) is 0 Å². The number of hydrogen-bond donors (Lipinski definition) is 1. The lowest BCUT2D eigenvalue weighted by atomic mass is 10.0. The molecular formula is C12H20O3. The van der Waals surface area contributed by atoms with E-state index in [0.29, 0.717) is 6.42 Å². The van der Waals surface area contributed by atoms with Crippen molar-refractivity contribution in [1.82, 2.24) is 0 Å². The summed E-state index contributed by atoms with van der Waals surface area (Å²) in [5.74, 6) is -0.242. The van der Waals surface area contributed by atoms with Crippen molar-refractivity contribution in [1.29, 1.82) is 0 Å². The maximum Gasteiger partial charge on any atom is 0.309 e. The Morgan fingerprint density at radius 1 is 1.53 bits per heavy atom. The van der Waals surface area contributed by atoms with E-state index in [9.17, 15) is 9.90 Å². The van der Waals surface area contributed by atoms with Gasteiger partial charge in [0.25, 0.3) is 0 Å². The quantitative estimate of drug-likeness (QED) is 0.534. The van der Waals surface area contributed by atoms with Gasteiger partial charge in [-0.2, -0.15) is 0 Å². The predicted molar refractivity (Wildman–Crippen MR) is 58.3 cm³/mol. The Balaban J connectivity index is 2.64. The van der Waals surface area contributed by atoms with Gasteiger partial charge in [0.1, 0.15) is 6.10 Å². The van der Waals surface area contributed by atoms with Crippen LogP contribution >= 0.6 is 0 Å². The standard InChI is InChI=1S/C12H20O3/c1-9-7-5-3-4-6-8-11(10(2)13)15-12(9)14/h4,6,9-11,13H,3,5,7-8H2,1-2H3/b6-4-/t9-,10-,11-/m0/s1. The first-order valence-electron chi connectivity index (χ1n) is 5.65. The second-order valence-corrected chi connectivity index (χ2v) is 4.25. The molecule has 0 fully saturated rings. The summed E-state index contributed by atoms with van der Waals surface area (Å²) in [6.45, 7) is 3.54. The molecule has 3 heteroatoms. The van der Waals surface area contributed by atoms with Crippen molar-refractivity contribution < 1.29 is 14.6 Å². The maximum absolute atomic E-state index is 11.6. The van der Waals surface area contributed by atoms with Gasteiger partial charge in [-0.25, -0.2) is 0 Å². The van der Waals surface area contributed by atoms with Crippen molar-refractivity contribution in [3.8, 4) is 0 Å². The maximum atomic E-state index is 11.6. The second kappa shape index (κ2) is 5.91. The summed E-state index contributed by atoms with van der Waals surface area (Å²) in [5.41, 5.74) is 0. The summed E-state index contributed by atoms with van der Waals surface area (Å²) in [7, 11) is 0. The Morgan fingerprint density at radius 3 is 2.93 bits per heavy atom. The Bertz CT molecular complexity index is 233. The van der Waals surface area contributed by atoms with Gasteiger partial charge in [-0.3, -0.25) is 4.79 Å². The van der Waals surface area contributed by atoms with Gasteiger partial charge in [-0.1, -0.05) is 19.1 Å². The van der Waals surface area contributed by atoms with Crippen LogP contribution in [0.5, 0.6) is 0 Å². The number of allylic oxidation sites excluding steroid dienone is 1. The summed E-state index contributed by atoms with van der Waals surface area (Å²) in [4.78, 5) is 11.6. The molecule has 0 aromatic rings. The first-order valence-corrected chi connectivity index (χ1v) is 5.65.